The van der Waals surface area contributed by atoms with E-state index < -0.39 is 11.0 Å². The Morgan fingerprint density at radius 1 is 0.800 bits per heavy atom. The molecule has 4 heteroatoms. The van der Waals surface area contributed by atoms with Crippen LogP contribution in [-0.4, -0.2) is 53.0 Å². The molecule has 1 amide bonds. The van der Waals surface area contributed by atoms with Crippen LogP contribution in [0.1, 0.15) is 43.4 Å². The van der Waals surface area contributed by atoms with E-state index in [0.717, 1.165) is 42.9 Å². The van der Waals surface area contributed by atoms with Crippen LogP contribution in [0.2, 0.25) is 0 Å². The summed E-state index contributed by atoms with van der Waals surface area (Å²) in [6.45, 7) is 7.42. The highest BCUT2D eigenvalue weighted by Gasteiger charge is 2.57. The summed E-state index contributed by atoms with van der Waals surface area (Å²) in [5, 5.41) is 11.3. The number of nitrogens with zero attached hydrogens (tertiary/aromatic N) is 2. The van der Waals surface area contributed by atoms with Gasteiger partial charge in [0.05, 0.1) is 5.60 Å². The van der Waals surface area contributed by atoms with Crippen LogP contribution in [0.25, 0.3) is 0 Å². The Morgan fingerprint density at radius 3 is 1.71 bits per heavy atom. The van der Waals surface area contributed by atoms with Crippen molar-refractivity contribution < 1.29 is 9.90 Å². The van der Waals surface area contributed by atoms with Crippen LogP contribution in [0.15, 0.2) is 91.0 Å². The minimum absolute atomic E-state index is 0.116. The van der Waals surface area contributed by atoms with Crippen molar-refractivity contribution in [1.29, 1.82) is 0 Å². The van der Waals surface area contributed by atoms with Gasteiger partial charge in [-0.2, -0.15) is 0 Å². The van der Waals surface area contributed by atoms with Gasteiger partial charge in [0.15, 0.2) is 0 Å². The van der Waals surface area contributed by atoms with Crippen LogP contribution < -0.4 is 0 Å². The molecule has 2 saturated heterocycles. The second-order valence-corrected chi connectivity index (χ2v) is 10.5. The molecule has 1 N–H and O–H groups in total. The molecule has 35 heavy (non-hydrogen) atoms. The van der Waals surface area contributed by atoms with Gasteiger partial charge in [-0.1, -0.05) is 91.0 Å². The highest BCUT2D eigenvalue weighted by atomic mass is 16.3. The van der Waals surface area contributed by atoms with E-state index in [1.807, 2.05) is 66.7 Å². The average molecular weight is 469 g/mol. The molecular weight excluding hydrogens is 432 g/mol. The number of carbonyl (C=O) groups is 1. The van der Waals surface area contributed by atoms with Crippen molar-refractivity contribution in [2.24, 2.45) is 5.92 Å². The first-order valence-electron chi connectivity index (χ1n) is 12.9. The van der Waals surface area contributed by atoms with E-state index in [-0.39, 0.29) is 17.9 Å². The second kappa shape index (κ2) is 9.60. The Bertz CT molecular complexity index is 1080. The van der Waals surface area contributed by atoms with E-state index in [1.54, 1.807) is 0 Å². The van der Waals surface area contributed by atoms with Gasteiger partial charge in [0.25, 0.3) is 0 Å². The molecule has 3 aromatic rings. The summed E-state index contributed by atoms with van der Waals surface area (Å²) in [6, 6.07) is 30.9. The maximum Gasteiger partial charge on any atom is 0.238 e. The summed E-state index contributed by atoms with van der Waals surface area (Å²) in [6.07, 6.45) is 1.41. The average Bonchev–Trinajstić information content (AvgIpc) is 3.19. The summed E-state index contributed by atoms with van der Waals surface area (Å²) in [5.41, 5.74) is 1.66. The third-order valence-corrected chi connectivity index (χ3v) is 8.18. The van der Waals surface area contributed by atoms with Crippen LogP contribution in [0.5, 0.6) is 0 Å². The molecule has 0 aromatic heterocycles. The summed E-state index contributed by atoms with van der Waals surface area (Å²) in [5.74, 6) is 0.317. The summed E-state index contributed by atoms with van der Waals surface area (Å²) in [4.78, 5) is 18.8. The van der Waals surface area contributed by atoms with Gasteiger partial charge >= 0.3 is 0 Å². The summed E-state index contributed by atoms with van der Waals surface area (Å²) >= 11 is 0. The summed E-state index contributed by atoms with van der Waals surface area (Å²) in [7, 11) is 0. The van der Waals surface area contributed by atoms with Gasteiger partial charge < -0.3 is 14.9 Å². The van der Waals surface area contributed by atoms with E-state index in [0.29, 0.717) is 12.8 Å². The number of aliphatic hydroxyl groups is 1. The fourth-order valence-corrected chi connectivity index (χ4v) is 6.24. The van der Waals surface area contributed by atoms with Gasteiger partial charge in [0, 0.05) is 38.1 Å². The number of rotatable bonds is 6. The SMILES string of the molecule is CC(C)N1CC(CN2CCC(O)(c3ccccc3)CC2)C(c2ccccc2)(c2ccccc2)C1=O. The van der Waals surface area contributed by atoms with Gasteiger partial charge in [-0.15, -0.1) is 0 Å². The van der Waals surface area contributed by atoms with Crippen molar-refractivity contribution in [3.63, 3.8) is 0 Å². The van der Waals surface area contributed by atoms with Crippen LogP contribution in [-0.2, 0) is 15.8 Å². The first-order valence-corrected chi connectivity index (χ1v) is 12.9. The zero-order valence-electron chi connectivity index (χ0n) is 20.8. The van der Waals surface area contributed by atoms with Crippen molar-refractivity contribution in [3.05, 3.63) is 108 Å². The van der Waals surface area contributed by atoms with Gasteiger partial charge in [-0.3, -0.25) is 4.79 Å². The molecule has 2 fully saturated rings. The standard InChI is InChI=1S/C31H36N2O2/c1-24(2)33-23-28(22-32-20-18-30(35,19-21-32)25-12-6-3-7-13-25)31(29(33)34,26-14-8-4-9-15-26)27-16-10-5-11-17-27/h3-17,24,28,35H,18-23H2,1-2H3. The van der Waals surface area contributed by atoms with E-state index in [9.17, 15) is 9.90 Å². The van der Waals surface area contributed by atoms with E-state index in [1.165, 1.54) is 0 Å². The fraction of sp³-hybridized carbons (Fsp3) is 0.387. The van der Waals surface area contributed by atoms with E-state index in [4.69, 9.17) is 0 Å². The lowest BCUT2D eigenvalue weighted by molar-refractivity contribution is -0.133. The molecule has 4 nitrogen and oxygen atoms in total. The quantitative estimate of drug-likeness (QED) is 0.564. The fourth-order valence-electron chi connectivity index (χ4n) is 6.24. The lowest BCUT2D eigenvalue weighted by Gasteiger charge is -2.42. The van der Waals surface area contributed by atoms with E-state index in [2.05, 4.69) is 47.9 Å². The second-order valence-electron chi connectivity index (χ2n) is 10.5. The number of piperidine rings is 1. The van der Waals surface area contributed by atoms with Crippen LogP contribution in [0, 0.1) is 5.92 Å². The molecule has 5 rings (SSSR count). The molecular formula is C31H36N2O2. The third kappa shape index (κ3) is 4.19. The maximum absolute atomic E-state index is 14.3. The monoisotopic (exact) mass is 468 g/mol. The molecule has 2 heterocycles. The number of benzene rings is 3. The topological polar surface area (TPSA) is 43.8 Å². The minimum Gasteiger partial charge on any atom is -0.385 e. The smallest absolute Gasteiger partial charge is 0.238 e. The molecule has 2 aliphatic rings. The van der Waals surface area contributed by atoms with Crippen molar-refractivity contribution >= 4 is 5.91 Å². The predicted octanol–water partition coefficient (Wildman–Crippen LogP) is 4.82. The summed E-state index contributed by atoms with van der Waals surface area (Å²) < 4.78 is 0. The van der Waals surface area contributed by atoms with Gasteiger partial charge in [-0.25, -0.2) is 0 Å². The van der Waals surface area contributed by atoms with E-state index >= 15 is 0 Å². The van der Waals surface area contributed by atoms with Crippen LogP contribution in [0.3, 0.4) is 0 Å². The number of hydrogen-bond donors (Lipinski definition) is 1. The normalized spacial score (nSPS) is 22.0. The molecule has 0 spiro atoms. The Morgan fingerprint density at radius 2 is 1.26 bits per heavy atom. The molecule has 0 bridgehead atoms. The number of likely N-dealkylation sites (tertiary alicyclic amines) is 2. The molecule has 0 saturated carbocycles. The highest BCUT2D eigenvalue weighted by molar-refractivity contribution is 5.95. The molecule has 0 aliphatic carbocycles. The van der Waals surface area contributed by atoms with Gasteiger partial charge in [0.1, 0.15) is 5.41 Å². The zero-order chi connectivity index (χ0) is 24.5. The lowest BCUT2D eigenvalue weighted by atomic mass is 9.67. The molecule has 3 aromatic carbocycles. The van der Waals surface area contributed by atoms with Crippen molar-refractivity contribution in [2.45, 2.75) is 43.7 Å². The van der Waals surface area contributed by atoms with Crippen molar-refractivity contribution in [2.75, 3.05) is 26.2 Å². The van der Waals surface area contributed by atoms with Crippen molar-refractivity contribution in [1.82, 2.24) is 9.80 Å². The molecule has 0 radical (unpaired) electrons. The Kier molecular flexibility index (Phi) is 6.52. The predicted molar refractivity (Wildman–Crippen MR) is 140 cm³/mol. The maximum atomic E-state index is 14.3. The molecule has 1 unspecified atom stereocenters. The van der Waals surface area contributed by atoms with Gasteiger partial charge in [-0.05, 0) is 43.4 Å². The largest absolute Gasteiger partial charge is 0.385 e. The number of hydrogen-bond acceptors (Lipinski definition) is 3. The first kappa shape index (κ1) is 23.8. The molecule has 1 atom stereocenters. The molecule has 182 valence electrons. The zero-order valence-corrected chi connectivity index (χ0v) is 20.8. The third-order valence-electron chi connectivity index (χ3n) is 8.18. The highest BCUT2D eigenvalue weighted by Crippen LogP contribution is 2.47. The van der Waals surface area contributed by atoms with Gasteiger partial charge in [0.2, 0.25) is 5.91 Å². The Labute approximate surface area is 209 Å². The lowest BCUT2D eigenvalue weighted by Crippen LogP contribution is -2.49. The molecule has 2 aliphatic heterocycles. The number of amides is 1. The number of carbonyl (C=O) groups excluding carboxylic acids is 1. The van der Waals surface area contributed by atoms with Crippen LogP contribution in [0.4, 0.5) is 0 Å². The van der Waals surface area contributed by atoms with Crippen LogP contribution >= 0.6 is 0 Å². The Balaban J connectivity index is 1.48. The Hall–Kier alpha value is -2.95. The van der Waals surface area contributed by atoms with Crippen molar-refractivity contribution in [3.8, 4) is 0 Å². The minimum atomic E-state index is -0.775. The first-order chi connectivity index (χ1) is 16.9.